The van der Waals surface area contributed by atoms with Crippen molar-refractivity contribution in [2.75, 3.05) is 6.61 Å². The van der Waals surface area contributed by atoms with Crippen LogP contribution in [0.2, 0.25) is 0 Å². The van der Waals surface area contributed by atoms with Gasteiger partial charge in [0.2, 0.25) is 0 Å². The second-order valence-corrected chi connectivity index (χ2v) is 8.48. The van der Waals surface area contributed by atoms with Crippen molar-refractivity contribution < 1.29 is 14.5 Å². The number of aromatic nitrogens is 1. The summed E-state index contributed by atoms with van der Waals surface area (Å²) in [5.74, 6) is -0.528. The molecule has 2 heterocycles. The molecule has 172 valence electrons. The van der Waals surface area contributed by atoms with Gasteiger partial charge in [0.25, 0.3) is 11.2 Å². The molecule has 1 aromatic heterocycles. The number of carbonyl (C=O) groups excluding carboxylic acids is 1. The zero-order chi connectivity index (χ0) is 24.2. The Hall–Kier alpha value is -4.11. The molecule has 9 heteroatoms. The van der Waals surface area contributed by atoms with Crippen molar-refractivity contribution in [1.29, 1.82) is 0 Å². The van der Waals surface area contributed by atoms with Crippen LogP contribution < -0.4 is 14.9 Å². The summed E-state index contributed by atoms with van der Waals surface area (Å²) in [7, 11) is 0. The molecule has 0 saturated heterocycles. The maximum absolute atomic E-state index is 13.4. The summed E-state index contributed by atoms with van der Waals surface area (Å²) >= 11 is 1.17. The Morgan fingerprint density at radius 2 is 1.94 bits per heavy atom. The summed E-state index contributed by atoms with van der Waals surface area (Å²) in [6.45, 7) is 3.63. The molecule has 2 aromatic carbocycles. The van der Waals surface area contributed by atoms with Crippen LogP contribution in [0.15, 0.2) is 81.7 Å². The van der Waals surface area contributed by atoms with E-state index in [1.165, 1.54) is 28.0 Å². The molecular formula is C25H21N3O5S. The summed E-state index contributed by atoms with van der Waals surface area (Å²) in [5, 5.41) is 11.1. The van der Waals surface area contributed by atoms with E-state index in [4.69, 9.17) is 4.74 Å². The van der Waals surface area contributed by atoms with Gasteiger partial charge >= 0.3 is 5.97 Å². The fourth-order valence-electron chi connectivity index (χ4n) is 3.66. The molecule has 0 bridgehead atoms. The number of hydrogen-bond acceptors (Lipinski definition) is 7. The first-order valence-corrected chi connectivity index (χ1v) is 11.4. The van der Waals surface area contributed by atoms with Gasteiger partial charge < -0.3 is 4.74 Å². The zero-order valence-corrected chi connectivity index (χ0v) is 19.3. The number of benzene rings is 2. The molecule has 0 radical (unpaired) electrons. The average Bonchev–Trinajstić information content (AvgIpc) is 3.12. The first-order valence-electron chi connectivity index (χ1n) is 10.6. The van der Waals surface area contributed by atoms with Crippen LogP contribution in [0, 0.1) is 10.1 Å². The number of non-ortho nitro benzene ring substituents is 1. The molecule has 1 aliphatic heterocycles. The second kappa shape index (κ2) is 9.80. The van der Waals surface area contributed by atoms with Crippen molar-refractivity contribution in [3.05, 3.63) is 113 Å². The maximum Gasteiger partial charge on any atom is 0.338 e. The molecule has 0 N–H and O–H groups in total. The fourth-order valence-corrected chi connectivity index (χ4v) is 4.72. The highest BCUT2D eigenvalue weighted by molar-refractivity contribution is 7.07. The highest BCUT2D eigenvalue weighted by Gasteiger charge is 2.30. The Kier molecular flexibility index (Phi) is 6.65. The monoisotopic (exact) mass is 475 g/mol. The van der Waals surface area contributed by atoms with E-state index in [9.17, 15) is 19.7 Å². The van der Waals surface area contributed by atoms with E-state index in [1.807, 2.05) is 36.4 Å². The first-order chi connectivity index (χ1) is 16.4. The van der Waals surface area contributed by atoms with Gasteiger partial charge in [-0.05, 0) is 31.1 Å². The van der Waals surface area contributed by atoms with Crippen LogP contribution in [0.5, 0.6) is 0 Å². The van der Waals surface area contributed by atoms with Crippen LogP contribution in [0.3, 0.4) is 0 Å². The summed E-state index contributed by atoms with van der Waals surface area (Å²) in [6.07, 6.45) is 5.23. The van der Waals surface area contributed by atoms with Gasteiger partial charge in [-0.15, -0.1) is 0 Å². The van der Waals surface area contributed by atoms with Gasteiger partial charge in [-0.1, -0.05) is 66.0 Å². The Morgan fingerprint density at radius 1 is 1.21 bits per heavy atom. The van der Waals surface area contributed by atoms with Crippen LogP contribution in [0.25, 0.3) is 12.2 Å². The zero-order valence-electron chi connectivity index (χ0n) is 18.5. The van der Waals surface area contributed by atoms with Gasteiger partial charge in [-0.2, -0.15) is 0 Å². The number of carbonyl (C=O) groups is 1. The maximum atomic E-state index is 13.4. The lowest BCUT2D eigenvalue weighted by atomic mass is 10.0. The summed E-state index contributed by atoms with van der Waals surface area (Å²) in [4.78, 5) is 41.8. The lowest BCUT2D eigenvalue weighted by molar-refractivity contribution is -0.384. The lowest BCUT2D eigenvalue weighted by Gasteiger charge is -2.21. The molecule has 3 aromatic rings. The van der Waals surface area contributed by atoms with Crippen molar-refractivity contribution in [2.24, 2.45) is 4.99 Å². The second-order valence-electron chi connectivity index (χ2n) is 7.47. The predicted molar refractivity (Wildman–Crippen MR) is 130 cm³/mol. The number of nitro groups is 1. The number of rotatable bonds is 6. The number of fused-ring (bicyclic) bond motifs is 1. The summed E-state index contributed by atoms with van der Waals surface area (Å²) in [6, 6.07) is 14.9. The average molecular weight is 476 g/mol. The normalized spacial score (nSPS) is 15.8. The summed E-state index contributed by atoms with van der Waals surface area (Å²) in [5.41, 5.74) is 1.81. The smallest absolute Gasteiger partial charge is 0.338 e. The number of thiazole rings is 1. The molecule has 8 nitrogen and oxygen atoms in total. The Balaban J connectivity index is 1.87. The lowest BCUT2D eigenvalue weighted by Crippen LogP contribution is -2.38. The van der Waals surface area contributed by atoms with E-state index in [0.29, 0.717) is 26.2 Å². The molecule has 0 spiro atoms. The van der Waals surface area contributed by atoms with Crippen molar-refractivity contribution >= 4 is 35.1 Å². The number of allylic oxidation sites excluding steroid dienone is 2. The number of nitro benzene ring substituents is 1. The Bertz CT molecular complexity index is 1500. The van der Waals surface area contributed by atoms with Crippen molar-refractivity contribution in [1.82, 2.24) is 4.57 Å². The van der Waals surface area contributed by atoms with Crippen LogP contribution in [-0.4, -0.2) is 22.1 Å². The van der Waals surface area contributed by atoms with E-state index in [0.717, 1.165) is 5.56 Å². The number of nitrogens with zero attached hydrogens (tertiary/aromatic N) is 3. The Morgan fingerprint density at radius 3 is 2.65 bits per heavy atom. The predicted octanol–water partition coefficient (Wildman–Crippen LogP) is 3.37. The third-order valence-electron chi connectivity index (χ3n) is 5.21. The highest BCUT2D eigenvalue weighted by Crippen LogP contribution is 2.26. The largest absolute Gasteiger partial charge is 0.463 e. The summed E-state index contributed by atoms with van der Waals surface area (Å²) < 4.78 is 7.07. The van der Waals surface area contributed by atoms with E-state index < -0.39 is 16.9 Å². The molecular weight excluding hydrogens is 454 g/mol. The molecule has 0 amide bonds. The number of hydrogen-bond donors (Lipinski definition) is 0. The third-order valence-corrected chi connectivity index (χ3v) is 6.19. The SMILES string of the molecule is CCOC(=O)C1=C(C)N=c2sc(=Cc3cccc([N+](=O)[O-])c3)c(=O)n2[C@@H]1/C=C\c1ccccc1. The minimum atomic E-state index is -0.706. The molecule has 0 aliphatic carbocycles. The number of ether oxygens (including phenoxy) is 1. The van der Waals surface area contributed by atoms with E-state index in [2.05, 4.69) is 4.99 Å². The highest BCUT2D eigenvalue weighted by atomic mass is 32.1. The Labute approximate surface area is 198 Å². The van der Waals surface area contributed by atoms with Gasteiger partial charge in [0.1, 0.15) is 0 Å². The first kappa shape index (κ1) is 23.1. The minimum absolute atomic E-state index is 0.0642. The molecule has 0 fully saturated rings. The van der Waals surface area contributed by atoms with Crippen molar-refractivity contribution in [2.45, 2.75) is 19.9 Å². The number of esters is 1. The van der Waals surface area contributed by atoms with Crippen LogP contribution in [-0.2, 0) is 9.53 Å². The fraction of sp³-hybridized carbons (Fsp3) is 0.160. The van der Waals surface area contributed by atoms with E-state index in [1.54, 1.807) is 38.1 Å². The van der Waals surface area contributed by atoms with E-state index in [-0.39, 0.29) is 17.9 Å². The van der Waals surface area contributed by atoms with Gasteiger partial charge in [0.15, 0.2) is 4.80 Å². The third kappa shape index (κ3) is 4.65. The topological polar surface area (TPSA) is 104 Å². The van der Waals surface area contributed by atoms with Gasteiger partial charge in [0, 0.05) is 12.1 Å². The van der Waals surface area contributed by atoms with Gasteiger partial charge in [-0.25, -0.2) is 9.79 Å². The van der Waals surface area contributed by atoms with E-state index >= 15 is 0 Å². The molecule has 1 atom stereocenters. The van der Waals surface area contributed by atoms with Crippen LogP contribution >= 0.6 is 11.3 Å². The van der Waals surface area contributed by atoms with Crippen LogP contribution in [0.4, 0.5) is 5.69 Å². The molecule has 4 rings (SSSR count). The standard InChI is InChI=1S/C25H21N3O5S/c1-3-33-24(30)22-16(2)26-25-27(20(22)13-12-17-8-5-4-6-9-17)23(29)21(34-25)15-18-10-7-11-19(14-18)28(31)32/h4-15,20H,3H2,1-2H3/b13-12-,21-15?/t20-/m1/s1. The quantitative estimate of drug-likeness (QED) is 0.309. The van der Waals surface area contributed by atoms with Gasteiger partial charge in [-0.3, -0.25) is 19.5 Å². The van der Waals surface area contributed by atoms with Crippen LogP contribution in [0.1, 0.15) is 31.0 Å². The molecule has 34 heavy (non-hydrogen) atoms. The molecule has 1 aliphatic rings. The minimum Gasteiger partial charge on any atom is -0.463 e. The van der Waals surface area contributed by atoms with Gasteiger partial charge in [0.05, 0.1) is 33.4 Å². The van der Waals surface area contributed by atoms with Crippen molar-refractivity contribution in [3.8, 4) is 0 Å². The molecule has 0 unspecified atom stereocenters. The van der Waals surface area contributed by atoms with Crippen molar-refractivity contribution in [3.63, 3.8) is 0 Å². The molecule has 0 saturated carbocycles.